The zero-order valence-corrected chi connectivity index (χ0v) is 19.6. The lowest BCUT2D eigenvalue weighted by Crippen LogP contribution is -2.49. The van der Waals surface area contributed by atoms with Crippen molar-refractivity contribution in [2.75, 3.05) is 6.54 Å². The summed E-state index contributed by atoms with van der Waals surface area (Å²) in [7, 11) is 0. The number of nitrogens with one attached hydrogen (secondary N) is 1. The molecule has 0 fully saturated rings. The van der Waals surface area contributed by atoms with Crippen LogP contribution in [0, 0.1) is 13.8 Å². The summed E-state index contributed by atoms with van der Waals surface area (Å²) < 4.78 is 0. The molecule has 4 nitrogen and oxygen atoms in total. The molecule has 1 unspecified atom stereocenters. The molecule has 0 bridgehead atoms. The normalized spacial score (nSPS) is 11.8. The van der Waals surface area contributed by atoms with Crippen molar-refractivity contribution in [3.8, 4) is 0 Å². The number of amides is 2. The molecule has 162 valence electrons. The maximum atomic E-state index is 13.4. The number of carbonyl (C=O) groups is 2. The lowest BCUT2D eigenvalue weighted by molar-refractivity contribution is -0.140. The van der Waals surface area contributed by atoms with Crippen LogP contribution in [0.4, 0.5) is 0 Å². The molecule has 2 aromatic rings. The van der Waals surface area contributed by atoms with Crippen LogP contribution in [0.3, 0.4) is 0 Å². The van der Waals surface area contributed by atoms with Gasteiger partial charge in [-0.2, -0.15) is 0 Å². The van der Waals surface area contributed by atoms with Gasteiger partial charge in [0.15, 0.2) is 0 Å². The molecule has 0 heterocycles. The van der Waals surface area contributed by atoms with Gasteiger partial charge in [-0.25, -0.2) is 0 Å². The fourth-order valence-electron chi connectivity index (χ4n) is 3.57. The third-order valence-corrected chi connectivity index (χ3v) is 5.65. The summed E-state index contributed by atoms with van der Waals surface area (Å²) in [5, 5.41) is 3.82. The van der Waals surface area contributed by atoms with E-state index in [1.165, 1.54) is 0 Å². The maximum absolute atomic E-state index is 13.4. The zero-order chi connectivity index (χ0) is 22.3. The highest BCUT2D eigenvalue weighted by Crippen LogP contribution is 2.24. The number of halogens is 2. The van der Waals surface area contributed by atoms with Crippen molar-refractivity contribution in [2.24, 2.45) is 0 Å². The van der Waals surface area contributed by atoms with E-state index >= 15 is 0 Å². The number of aryl methyl sites for hydroxylation is 2. The summed E-state index contributed by atoms with van der Waals surface area (Å²) in [4.78, 5) is 27.8. The van der Waals surface area contributed by atoms with E-state index < -0.39 is 6.04 Å². The molecule has 0 aliphatic heterocycles. The molecule has 0 radical (unpaired) electrons. The summed E-state index contributed by atoms with van der Waals surface area (Å²) in [5.74, 6) is -0.224. The first-order chi connectivity index (χ1) is 14.2. The van der Waals surface area contributed by atoms with Gasteiger partial charge in [-0.3, -0.25) is 9.59 Å². The molecule has 1 N–H and O–H groups in total. The number of nitrogens with zero attached hydrogens (tertiary/aromatic N) is 1. The van der Waals surface area contributed by atoms with Gasteiger partial charge in [0.25, 0.3) is 0 Å². The highest BCUT2D eigenvalue weighted by Gasteiger charge is 2.28. The minimum Gasteiger partial charge on any atom is -0.354 e. The predicted octanol–water partition coefficient (Wildman–Crippen LogP) is 5.49. The first-order valence-electron chi connectivity index (χ1n) is 10.3. The third kappa shape index (κ3) is 6.75. The standard InChI is InChI=1S/C24H30Cl2N2O2/c1-5-9-27-24(30)22(6-2)28(15-18-7-8-20(25)21(26)13-18)23(29)14-19-11-16(3)10-17(4)12-19/h7-8,10-13,22H,5-6,9,14-15H2,1-4H3,(H,27,30). The number of benzene rings is 2. The van der Waals surface area contributed by atoms with Crippen LogP contribution < -0.4 is 5.32 Å². The fraction of sp³-hybridized carbons (Fsp3) is 0.417. The molecule has 0 spiro atoms. The van der Waals surface area contributed by atoms with E-state index in [9.17, 15) is 9.59 Å². The van der Waals surface area contributed by atoms with E-state index in [4.69, 9.17) is 23.2 Å². The van der Waals surface area contributed by atoms with Gasteiger partial charge in [-0.05, 0) is 49.9 Å². The van der Waals surface area contributed by atoms with Crippen molar-refractivity contribution in [1.82, 2.24) is 10.2 Å². The lowest BCUT2D eigenvalue weighted by atomic mass is 10.0. The topological polar surface area (TPSA) is 49.4 Å². The Morgan fingerprint density at radius 2 is 1.63 bits per heavy atom. The van der Waals surface area contributed by atoms with E-state index in [1.807, 2.05) is 45.9 Å². The molecule has 2 amide bonds. The van der Waals surface area contributed by atoms with E-state index in [0.29, 0.717) is 29.6 Å². The first-order valence-corrected chi connectivity index (χ1v) is 11.1. The predicted molar refractivity (Wildman–Crippen MR) is 124 cm³/mol. The molecule has 2 rings (SSSR count). The van der Waals surface area contributed by atoms with E-state index in [0.717, 1.165) is 28.7 Å². The quantitative estimate of drug-likeness (QED) is 0.551. The lowest BCUT2D eigenvalue weighted by Gasteiger charge is -2.31. The molecular weight excluding hydrogens is 419 g/mol. The van der Waals surface area contributed by atoms with Crippen LogP contribution in [0.15, 0.2) is 36.4 Å². The summed E-state index contributed by atoms with van der Waals surface area (Å²) in [6.07, 6.45) is 1.60. The second-order valence-corrected chi connectivity index (χ2v) is 8.47. The van der Waals surface area contributed by atoms with Crippen LogP contribution in [0.5, 0.6) is 0 Å². The molecule has 30 heavy (non-hydrogen) atoms. The van der Waals surface area contributed by atoms with Crippen molar-refractivity contribution in [3.63, 3.8) is 0 Å². The Hall–Kier alpha value is -2.04. The maximum Gasteiger partial charge on any atom is 0.242 e. The Morgan fingerprint density at radius 1 is 0.967 bits per heavy atom. The Morgan fingerprint density at radius 3 is 2.20 bits per heavy atom. The number of hydrogen-bond donors (Lipinski definition) is 1. The van der Waals surface area contributed by atoms with Crippen LogP contribution in [0.1, 0.15) is 48.9 Å². The summed E-state index contributed by atoms with van der Waals surface area (Å²) in [6, 6.07) is 10.9. The van der Waals surface area contributed by atoms with Crippen LogP contribution in [-0.2, 0) is 22.6 Å². The van der Waals surface area contributed by atoms with Gasteiger partial charge in [-0.1, -0.05) is 72.4 Å². The average molecular weight is 449 g/mol. The van der Waals surface area contributed by atoms with E-state index in [1.54, 1.807) is 17.0 Å². The van der Waals surface area contributed by atoms with Crippen molar-refractivity contribution in [2.45, 2.75) is 59.5 Å². The second-order valence-electron chi connectivity index (χ2n) is 7.66. The minimum atomic E-state index is -0.551. The first kappa shape index (κ1) is 24.2. The zero-order valence-electron chi connectivity index (χ0n) is 18.1. The highest BCUT2D eigenvalue weighted by molar-refractivity contribution is 6.42. The largest absolute Gasteiger partial charge is 0.354 e. The van der Waals surface area contributed by atoms with Gasteiger partial charge in [0.1, 0.15) is 6.04 Å². The van der Waals surface area contributed by atoms with Gasteiger partial charge in [-0.15, -0.1) is 0 Å². The van der Waals surface area contributed by atoms with Gasteiger partial charge in [0.2, 0.25) is 11.8 Å². The number of carbonyl (C=O) groups excluding carboxylic acids is 2. The van der Waals surface area contributed by atoms with Crippen LogP contribution >= 0.6 is 23.2 Å². The summed E-state index contributed by atoms with van der Waals surface area (Å²) in [5.41, 5.74) is 4.00. The van der Waals surface area contributed by atoms with Crippen LogP contribution in [-0.4, -0.2) is 29.3 Å². The molecule has 0 aromatic heterocycles. The molecule has 0 saturated carbocycles. The van der Waals surface area contributed by atoms with Crippen LogP contribution in [0.2, 0.25) is 10.0 Å². The van der Waals surface area contributed by atoms with Crippen LogP contribution in [0.25, 0.3) is 0 Å². The van der Waals surface area contributed by atoms with Gasteiger partial charge < -0.3 is 10.2 Å². The number of hydrogen-bond acceptors (Lipinski definition) is 2. The summed E-state index contributed by atoms with van der Waals surface area (Å²) >= 11 is 12.2. The fourth-order valence-corrected chi connectivity index (χ4v) is 3.89. The van der Waals surface area contributed by atoms with Crippen molar-refractivity contribution in [1.29, 1.82) is 0 Å². The highest BCUT2D eigenvalue weighted by atomic mass is 35.5. The Bertz CT molecular complexity index is 879. The average Bonchev–Trinajstić information content (AvgIpc) is 2.68. The molecule has 2 aromatic carbocycles. The molecule has 0 aliphatic rings. The Labute approximate surface area is 189 Å². The second kappa shape index (κ2) is 11.4. The Balaban J connectivity index is 2.33. The van der Waals surface area contributed by atoms with E-state index in [-0.39, 0.29) is 18.2 Å². The van der Waals surface area contributed by atoms with Crippen molar-refractivity contribution >= 4 is 35.0 Å². The monoisotopic (exact) mass is 448 g/mol. The molecule has 0 saturated heterocycles. The van der Waals surface area contributed by atoms with Gasteiger partial charge in [0, 0.05) is 13.1 Å². The summed E-state index contributed by atoms with van der Waals surface area (Å²) in [6.45, 7) is 8.82. The van der Waals surface area contributed by atoms with E-state index in [2.05, 4.69) is 11.4 Å². The van der Waals surface area contributed by atoms with Gasteiger partial charge >= 0.3 is 0 Å². The van der Waals surface area contributed by atoms with Crippen molar-refractivity contribution in [3.05, 3.63) is 68.7 Å². The molecule has 0 aliphatic carbocycles. The minimum absolute atomic E-state index is 0.0930. The smallest absolute Gasteiger partial charge is 0.242 e. The number of rotatable bonds is 9. The third-order valence-electron chi connectivity index (χ3n) is 4.91. The van der Waals surface area contributed by atoms with Gasteiger partial charge in [0.05, 0.1) is 16.5 Å². The SMILES string of the molecule is CCCNC(=O)C(CC)N(Cc1ccc(Cl)c(Cl)c1)C(=O)Cc1cc(C)cc(C)c1. The molecule has 6 heteroatoms. The molecular formula is C24H30Cl2N2O2. The Kier molecular flexibility index (Phi) is 9.19. The van der Waals surface area contributed by atoms with Crippen molar-refractivity contribution < 1.29 is 9.59 Å². The molecule has 1 atom stereocenters.